The molecular formula is C12H16BN3O2. The van der Waals surface area contributed by atoms with Crippen molar-refractivity contribution in [3.63, 3.8) is 0 Å². The first-order valence-electron chi connectivity index (χ1n) is 5.85. The van der Waals surface area contributed by atoms with Gasteiger partial charge in [-0.1, -0.05) is 0 Å². The van der Waals surface area contributed by atoms with Crippen LogP contribution in [0.3, 0.4) is 0 Å². The summed E-state index contributed by atoms with van der Waals surface area (Å²) in [5.41, 5.74) is 0.220. The van der Waals surface area contributed by atoms with Crippen molar-refractivity contribution in [2.24, 2.45) is 0 Å². The number of carbonyl (C=O) groups is 1. The fourth-order valence-electron chi connectivity index (χ4n) is 2.22. The van der Waals surface area contributed by atoms with Crippen molar-refractivity contribution in [3.8, 4) is 5.75 Å². The Kier molecular flexibility index (Phi) is 3.56. The largest absolute Gasteiger partial charge is 0.484 e. The number of nitrogens with zero attached hydrogens (tertiary/aromatic N) is 3. The number of rotatable bonds is 4. The number of ether oxygens (including phenoxy) is 1. The average molecular weight is 245 g/mol. The number of likely N-dealkylation sites (N-methyl/N-ethyl adjacent to an activating group) is 1. The number of hydrogen-bond acceptors (Lipinski definition) is 4. The van der Waals surface area contributed by atoms with Gasteiger partial charge in [-0.3, -0.25) is 9.78 Å². The minimum Gasteiger partial charge on any atom is -0.484 e. The monoisotopic (exact) mass is 245 g/mol. The van der Waals surface area contributed by atoms with Crippen LogP contribution in [0.1, 0.15) is 13.3 Å². The van der Waals surface area contributed by atoms with Gasteiger partial charge < -0.3 is 14.4 Å². The van der Waals surface area contributed by atoms with Crippen LogP contribution in [0.2, 0.25) is 0 Å². The zero-order valence-electron chi connectivity index (χ0n) is 10.7. The number of pyridine rings is 1. The molecule has 1 aliphatic rings. The molecule has 1 unspecified atom stereocenters. The predicted octanol–water partition coefficient (Wildman–Crippen LogP) is 0.601. The highest BCUT2D eigenvalue weighted by Crippen LogP contribution is 2.32. The second-order valence-electron chi connectivity index (χ2n) is 4.90. The van der Waals surface area contributed by atoms with Crippen molar-refractivity contribution < 1.29 is 9.53 Å². The van der Waals surface area contributed by atoms with E-state index in [4.69, 9.17) is 12.7 Å². The van der Waals surface area contributed by atoms with E-state index in [1.54, 1.807) is 12.3 Å². The van der Waals surface area contributed by atoms with Gasteiger partial charge in [0.2, 0.25) is 14.4 Å². The van der Waals surface area contributed by atoms with Crippen LogP contribution >= 0.6 is 0 Å². The van der Waals surface area contributed by atoms with E-state index in [2.05, 4.69) is 23.9 Å². The summed E-state index contributed by atoms with van der Waals surface area (Å²) in [5.74, 6) is 0.581. The summed E-state index contributed by atoms with van der Waals surface area (Å²) < 4.78 is 6.03. The SMILES string of the molecule is [B]N(C=O)c1cnccc1OC1(C)CCN(C)C1. The smallest absolute Gasteiger partial charge is 0.238 e. The van der Waals surface area contributed by atoms with E-state index in [9.17, 15) is 4.79 Å². The lowest BCUT2D eigenvalue weighted by atomic mass is 10.1. The molecule has 1 amide bonds. The first kappa shape index (κ1) is 12.9. The average Bonchev–Trinajstić information content (AvgIpc) is 2.68. The molecule has 94 valence electrons. The molecule has 0 bridgehead atoms. The third-order valence-electron chi connectivity index (χ3n) is 3.14. The number of carbonyl (C=O) groups excluding carboxylic acids is 1. The van der Waals surface area contributed by atoms with Crippen molar-refractivity contribution in [1.82, 2.24) is 9.88 Å². The molecule has 5 nitrogen and oxygen atoms in total. The van der Waals surface area contributed by atoms with Crippen molar-refractivity contribution in [2.75, 3.05) is 24.9 Å². The maximum atomic E-state index is 10.7. The van der Waals surface area contributed by atoms with E-state index < -0.39 is 0 Å². The van der Waals surface area contributed by atoms with Crippen LogP contribution in [0.25, 0.3) is 0 Å². The summed E-state index contributed by atoms with van der Waals surface area (Å²) in [7, 11) is 7.63. The molecule has 1 saturated heterocycles. The third kappa shape index (κ3) is 2.64. The second kappa shape index (κ2) is 4.98. The van der Waals surface area contributed by atoms with Crippen LogP contribution < -0.4 is 9.55 Å². The molecule has 0 saturated carbocycles. The maximum Gasteiger partial charge on any atom is 0.238 e. The Hall–Kier alpha value is -1.56. The summed E-state index contributed by atoms with van der Waals surface area (Å²) in [6.07, 6.45) is 4.62. The Morgan fingerprint density at radius 2 is 2.44 bits per heavy atom. The molecule has 0 spiro atoms. The van der Waals surface area contributed by atoms with Crippen LogP contribution in [0, 0.1) is 0 Å². The molecule has 2 radical (unpaired) electrons. The molecule has 0 aliphatic carbocycles. The van der Waals surface area contributed by atoms with E-state index in [0.29, 0.717) is 17.8 Å². The number of amides is 1. The van der Waals surface area contributed by atoms with E-state index in [0.717, 1.165) is 24.3 Å². The Balaban J connectivity index is 2.21. The third-order valence-corrected chi connectivity index (χ3v) is 3.14. The number of likely N-dealkylation sites (tertiary alicyclic amines) is 1. The van der Waals surface area contributed by atoms with E-state index in [1.807, 2.05) is 0 Å². The summed E-state index contributed by atoms with van der Waals surface area (Å²) in [6, 6.07) is 1.72. The van der Waals surface area contributed by atoms with E-state index in [-0.39, 0.29) is 5.60 Å². The van der Waals surface area contributed by atoms with Gasteiger partial charge in [0.1, 0.15) is 11.4 Å². The van der Waals surface area contributed by atoms with Crippen LogP contribution in [0.15, 0.2) is 18.5 Å². The molecule has 1 aliphatic heterocycles. The lowest BCUT2D eigenvalue weighted by Crippen LogP contribution is -2.35. The quantitative estimate of drug-likeness (QED) is 0.575. The van der Waals surface area contributed by atoms with Gasteiger partial charge in [0.25, 0.3) is 0 Å². The Morgan fingerprint density at radius 1 is 1.67 bits per heavy atom. The summed E-state index contributed by atoms with van der Waals surface area (Å²) in [4.78, 5) is 17.9. The molecule has 1 atom stereocenters. The van der Waals surface area contributed by atoms with E-state index in [1.165, 1.54) is 6.20 Å². The summed E-state index contributed by atoms with van der Waals surface area (Å²) >= 11 is 0. The first-order valence-corrected chi connectivity index (χ1v) is 5.85. The zero-order chi connectivity index (χ0) is 13.2. The normalized spacial score (nSPS) is 23.9. The maximum absolute atomic E-state index is 10.7. The minimum atomic E-state index is -0.255. The molecule has 1 fully saturated rings. The standard InChI is InChI=1S/C12H16BN3O2/c1-12(4-6-15(2)8-12)18-11-3-5-14-7-10(11)16(13)9-17/h3,5,7,9H,4,6,8H2,1-2H3. The molecule has 2 rings (SSSR count). The van der Waals surface area contributed by atoms with Crippen molar-refractivity contribution >= 4 is 20.1 Å². The van der Waals surface area contributed by atoms with Gasteiger partial charge in [0, 0.05) is 31.8 Å². The van der Waals surface area contributed by atoms with Gasteiger partial charge in [0.15, 0.2) is 0 Å². The number of hydrogen-bond donors (Lipinski definition) is 0. The molecule has 1 aromatic heterocycles. The Labute approximate surface area is 108 Å². The van der Waals surface area contributed by atoms with Crippen molar-refractivity contribution in [2.45, 2.75) is 18.9 Å². The van der Waals surface area contributed by atoms with Crippen LogP contribution in [-0.2, 0) is 4.79 Å². The van der Waals surface area contributed by atoms with Crippen LogP contribution in [0.5, 0.6) is 5.75 Å². The Morgan fingerprint density at radius 3 is 3.06 bits per heavy atom. The second-order valence-corrected chi connectivity index (χ2v) is 4.90. The molecular weight excluding hydrogens is 229 g/mol. The lowest BCUT2D eigenvalue weighted by molar-refractivity contribution is -0.106. The molecule has 0 N–H and O–H groups in total. The molecule has 0 aromatic carbocycles. The molecule has 2 heterocycles. The zero-order valence-corrected chi connectivity index (χ0v) is 10.7. The fourth-order valence-corrected chi connectivity index (χ4v) is 2.22. The molecule has 18 heavy (non-hydrogen) atoms. The van der Waals surface area contributed by atoms with Gasteiger partial charge >= 0.3 is 0 Å². The van der Waals surface area contributed by atoms with Gasteiger partial charge in [-0.15, -0.1) is 0 Å². The summed E-state index contributed by atoms with van der Waals surface area (Å²) in [6.45, 7) is 3.90. The van der Waals surface area contributed by atoms with Crippen molar-refractivity contribution in [3.05, 3.63) is 18.5 Å². The highest BCUT2D eigenvalue weighted by atomic mass is 16.5. The topological polar surface area (TPSA) is 45.7 Å². The highest BCUT2D eigenvalue weighted by Gasteiger charge is 2.34. The molecule has 1 aromatic rings. The first-order chi connectivity index (χ1) is 8.54. The fraction of sp³-hybridized carbons (Fsp3) is 0.500. The van der Waals surface area contributed by atoms with Gasteiger partial charge in [0.05, 0.1) is 11.9 Å². The number of anilines is 1. The van der Waals surface area contributed by atoms with Gasteiger partial charge in [-0.25, -0.2) is 0 Å². The number of aromatic nitrogens is 1. The minimum absolute atomic E-state index is 0.255. The summed E-state index contributed by atoms with van der Waals surface area (Å²) in [5, 5.41) is 0. The lowest BCUT2D eigenvalue weighted by Gasteiger charge is -2.28. The molecule has 6 heteroatoms. The van der Waals surface area contributed by atoms with Crippen LogP contribution in [-0.4, -0.2) is 50.0 Å². The Bertz CT molecular complexity index is 443. The van der Waals surface area contributed by atoms with Gasteiger partial charge in [-0.2, -0.15) is 0 Å². The van der Waals surface area contributed by atoms with Gasteiger partial charge in [-0.05, 0) is 14.0 Å². The predicted molar refractivity (Wildman–Crippen MR) is 69.7 cm³/mol. The van der Waals surface area contributed by atoms with Crippen molar-refractivity contribution in [1.29, 1.82) is 0 Å². The van der Waals surface area contributed by atoms with Crippen LogP contribution in [0.4, 0.5) is 5.69 Å². The van der Waals surface area contributed by atoms with E-state index >= 15 is 0 Å². The highest BCUT2D eigenvalue weighted by molar-refractivity contribution is 6.26.